The maximum atomic E-state index is 8.52. The number of hydrogen-bond donors (Lipinski definition) is 1. The van der Waals surface area contributed by atoms with E-state index in [1.807, 2.05) is 0 Å². The third-order valence-corrected chi connectivity index (χ3v) is 2.63. The van der Waals surface area contributed by atoms with E-state index in [1.54, 1.807) is 6.21 Å². The first kappa shape index (κ1) is 11.5. The molecule has 1 heterocycles. The molecule has 1 saturated heterocycles. The molecule has 82 valence electrons. The van der Waals surface area contributed by atoms with E-state index in [2.05, 4.69) is 35.9 Å². The zero-order valence-electron chi connectivity index (χ0n) is 9.40. The highest BCUT2D eigenvalue weighted by molar-refractivity contribution is 5.64. The quantitative estimate of drug-likeness (QED) is 0.413. The minimum atomic E-state index is -0.0370. The van der Waals surface area contributed by atoms with Crippen LogP contribution in [0.4, 0.5) is 0 Å². The Morgan fingerprint density at radius 3 is 2.36 bits per heavy atom. The van der Waals surface area contributed by atoms with Gasteiger partial charge in [0.1, 0.15) is 0 Å². The Kier molecular flexibility index (Phi) is 3.89. The van der Waals surface area contributed by atoms with Gasteiger partial charge in [-0.15, -0.1) is 5.16 Å². The summed E-state index contributed by atoms with van der Waals surface area (Å²) in [6.07, 6.45) is 1.62. The lowest BCUT2D eigenvalue weighted by Gasteiger charge is -2.36. The van der Waals surface area contributed by atoms with Crippen molar-refractivity contribution in [3.05, 3.63) is 0 Å². The lowest BCUT2D eigenvalue weighted by molar-refractivity contribution is 0.131. The summed E-state index contributed by atoms with van der Waals surface area (Å²) < 4.78 is 0. The molecule has 1 N–H and O–H groups in total. The zero-order valence-corrected chi connectivity index (χ0v) is 9.40. The highest BCUT2D eigenvalue weighted by atomic mass is 16.4. The van der Waals surface area contributed by atoms with E-state index in [-0.39, 0.29) is 5.41 Å². The van der Waals surface area contributed by atoms with E-state index in [9.17, 15) is 0 Å². The molecule has 1 aliphatic heterocycles. The van der Waals surface area contributed by atoms with Crippen molar-refractivity contribution in [1.29, 1.82) is 0 Å². The fourth-order valence-electron chi connectivity index (χ4n) is 1.78. The molecule has 4 heteroatoms. The zero-order chi connectivity index (χ0) is 10.6. The van der Waals surface area contributed by atoms with E-state index in [4.69, 9.17) is 5.21 Å². The van der Waals surface area contributed by atoms with Gasteiger partial charge in [0.15, 0.2) is 0 Å². The number of piperazine rings is 1. The molecular formula is C10H21N3O. The first-order valence-electron chi connectivity index (χ1n) is 5.13. The molecule has 0 aromatic heterocycles. The lowest BCUT2D eigenvalue weighted by atomic mass is 9.94. The van der Waals surface area contributed by atoms with Crippen LogP contribution in [-0.2, 0) is 0 Å². The van der Waals surface area contributed by atoms with Gasteiger partial charge in [0.05, 0.1) is 6.21 Å². The summed E-state index contributed by atoms with van der Waals surface area (Å²) >= 11 is 0. The maximum Gasteiger partial charge on any atom is 0.0504 e. The summed E-state index contributed by atoms with van der Waals surface area (Å²) in [6, 6.07) is 0. The highest BCUT2D eigenvalue weighted by Crippen LogP contribution is 2.15. The molecule has 0 bridgehead atoms. The molecule has 1 aliphatic rings. The Balaban J connectivity index is 2.37. The van der Waals surface area contributed by atoms with Gasteiger partial charge in [-0.25, -0.2) is 0 Å². The van der Waals surface area contributed by atoms with Crippen LogP contribution in [0.5, 0.6) is 0 Å². The molecule has 0 radical (unpaired) electrons. The number of rotatable bonds is 3. The largest absolute Gasteiger partial charge is 0.411 e. The summed E-state index contributed by atoms with van der Waals surface area (Å²) in [5.74, 6) is 0. The summed E-state index contributed by atoms with van der Waals surface area (Å²) in [6.45, 7) is 9.62. The van der Waals surface area contributed by atoms with Gasteiger partial charge in [-0.05, 0) is 7.05 Å². The molecule has 0 saturated carbocycles. The minimum absolute atomic E-state index is 0.0370. The second kappa shape index (κ2) is 4.75. The van der Waals surface area contributed by atoms with Crippen molar-refractivity contribution in [1.82, 2.24) is 9.80 Å². The summed E-state index contributed by atoms with van der Waals surface area (Å²) in [4.78, 5) is 4.76. The molecule has 0 aromatic rings. The predicted molar refractivity (Wildman–Crippen MR) is 58.0 cm³/mol. The van der Waals surface area contributed by atoms with Gasteiger partial charge in [-0.1, -0.05) is 13.8 Å². The van der Waals surface area contributed by atoms with Gasteiger partial charge in [-0.3, -0.25) is 4.90 Å². The molecule has 0 amide bonds. The Morgan fingerprint density at radius 1 is 1.29 bits per heavy atom. The molecule has 1 fully saturated rings. The third kappa shape index (κ3) is 3.64. The van der Waals surface area contributed by atoms with Crippen LogP contribution >= 0.6 is 0 Å². The Hall–Kier alpha value is -0.610. The molecule has 0 aromatic carbocycles. The smallest absolute Gasteiger partial charge is 0.0504 e. The van der Waals surface area contributed by atoms with E-state index >= 15 is 0 Å². The van der Waals surface area contributed by atoms with Gasteiger partial charge in [0, 0.05) is 38.1 Å². The van der Waals surface area contributed by atoms with Crippen LogP contribution in [0, 0.1) is 5.41 Å². The number of oxime groups is 1. The van der Waals surface area contributed by atoms with Crippen molar-refractivity contribution in [2.24, 2.45) is 10.6 Å². The fourth-order valence-corrected chi connectivity index (χ4v) is 1.78. The summed E-state index contributed by atoms with van der Waals surface area (Å²) in [7, 11) is 2.15. The van der Waals surface area contributed by atoms with Gasteiger partial charge < -0.3 is 10.1 Å². The van der Waals surface area contributed by atoms with Crippen molar-refractivity contribution in [2.75, 3.05) is 39.8 Å². The van der Waals surface area contributed by atoms with Crippen molar-refractivity contribution in [3.63, 3.8) is 0 Å². The van der Waals surface area contributed by atoms with E-state index in [1.165, 1.54) is 0 Å². The Bertz CT molecular complexity index is 196. The molecule has 4 nitrogen and oxygen atoms in total. The normalized spacial score (nSPS) is 21.9. The number of nitrogens with zero attached hydrogens (tertiary/aromatic N) is 3. The van der Waals surface area contributed by atoms with Crippen LogP contribution < -0.4 is 0 Å². The Morgan fingerprint density at radius 2 is 1.86 bits per heavy atom. The minimum Gasteiger partial charge on any atom is -0.411 e. The molecule has 1 rings (SSSR count). The van der Waals surface area contributed by atoms with Crippen LogP contribution in [0.2, 0.25) is 0 Å². The second-order valence-electron chi connectivity index (χ2n) is 4.81. The monoisotopic (exact) mass is 199 g/mol. The molecule has 0 aliphatic carbocycles. The molecule has 14 heavy (non-hydrogen) atoms. The van der Waals surface area contributed by atoms with Crippen LogP contribution in [0.3, 0.4) is 0 Å². The second-order valence-corrected chi connectivity index (χ2v) is 4.81. The predicted octanol–water partition coefficient (Wildman–Crippen LogP) is 0.720. The summed E-state index contributed by atoms with van der Waals surface area (Å²) in [5.41, 5.74) is -0.0370. The van der Waals surface area contributed by atoms with Crippen molar-refractivity contribution in [2.45, 2.75) is 13.8 Å². The fraction of sp³-hybridized carbons (Fsp3) is 0.900. The topological polar surface area (TPSA) is 39.1 Å². The van der Waals surface area contributed by atoms with Crippen LogP contribution in [0.25, 0.3) is 0 Å². The van der Waals surface area contributed by atoms with Gasteiger partial charge >= 0.3 is 0 Å². The number of hydrogen-bond acceptors (Lipinski definition) is 4. The molecule has 0 spiro atoms. The standard InChI is InChI=1S/C10H21N3O/c1-10(2,8-11-14)9-13-6-4-12(3)5-7-13/h8,14H,4-7,9H2,1-3H3/b11-8-. The highest BCUT2D eigenvalue weighted by Gasteiger charge is 2.22. The SMILES string of the molecule is CN1CCN(CC(C)(C)/C=N\O)CC1. The van der Waals surface area contributed by atoms with Gasteiger partial charge in [0.25, 0.3) is 0 Å². The van der Waals surface area contributed by atoms with E-state index in [0.29, 0.717) is 0 Å². The van der Waals surface area contributed by atoms with Crippen LogP contribution in [0.1, 0.15) is 13.8 Å². The average molecular weight is 199 g/mol. The first-order valence-corrected chi connectivity index (χ1v) is 5.13. The van der Waals surface area contributed by atoms with Crippen LogP contribution in [0.15, 0.2) is 5.16 Å². The summed E-state index contributed by atoms with van der Waals surface area (Å²) in [5, 5.41) is 11.6. The third-order valence-electron chi connectivity index (χ3n) is 2.63. The molecule has 0 atom stereocenters. The van der Waals surface area contributed by atoms with Gasteiger partial charge in [-0.2, -0.15) is 0 Å². The first-order chi connectivity index (χ1) is 6.53. The lowest BCUT2D eigenvalue weighted by Crippen LogP contribution is -2.47. The van der Waals surface area contributed by atoms with Crippen molar-refractivity contribution >= 4 is 6.21 Å². The number of likely N-dealkylation sites (N-methyl/N-ethyl adjacent to an activating group) is 1. The molecular weight excluding hydrogens is 178 g/mol. The van der Waals surface area contributed by atoms with Crippen molar-refractivity contribution < 1.29 is 5.21 Å². The van der Waals surface area contributed by atoms with E-state index in [0.717, 1.165) is 32.7 Å². The maximum absolute atomic E-state index is 8.52. The Labute approximate surface area is 86.2 Å². The van der Waals surface area contributed by atoms with Gasteiger partial charge in [0.2, 0.25) is 0 Å². The molecule has 0 unspecified atom stereocenters. The van der Waals surface area contributed by atoms with E-state index < -0.39 is 0 Å². The average Bonchev–Trinajstić information content (AvgIpc) is 2.08. The van der Waals surface area contributed by atoms with Crippen molar-refractivity contribution in [3.8, 4) is 0 Å². The van der Waals surface area contributed by atoms with Crippen LogP contribution in [-0.4, -0.2) is 61.0 Å².